The quantitative estimate of drug-likeness (QED) is 0.416. The van der Waals surface area contributed by atoms with Crippen LogP contribution in [0.4, 0.5) is 0 Å². The van der Waals surface area contributed by atoms with Gasteiger partial charge in [0.1, 0.15) is 0 Å². The lowest BCUT2D eigenvalue weighted by Crippen LogP contribution is -2.16. The second kappa shape index (κ2) is 1.01. The summed E-state index contributed by atoms with van der Waals surface area (Å²) in [6, 6.07) is 0. The third-order valence-electron chi connectivity index (χ3n) is 2.05. The number of fused-ring (bicyclic) bond motifs is 1. The number of nitrogens with one attached hydrogen (secondary N) is 1. The summed E-state index contributed by atoms with van der Waals surface area (Å²) in [4.78, 5) is 0. The Morgan fingerprint density at radius 2 is 1.86 bits per heavy atom. The van der Waals surface area contributed by atoms with Crippen LogP contribution < -0.4 is 5.32 Å². The highest BCUT2D eigenvalue weighted by Crippen LogP contribution is 2.41. The van der Waals surface area contributed by atoms with Gasteiger partial charge in [-0.1, -0.05) is 0 Å². The number of hydrogen-bond donors (Lipinski definition) is 2. The van der Waals surface area contributed by atoms with Crippen molar-refractivity contribution in [2.45, 2.75) is 6.10 Å². The molecule has 0 radical (unpaired) electrons. The molecule has 0 aromatic carbocycles. The first kappa shape index (κ1) is 3.87. The highest BCUT2D eigenvalue weighted by atomic mass is 16.3. The fourth-order valence-electron chi connectivity index (χ4n) is 1.39. The molecule has 0 aromatic rings. The summed E-state index contributed by atoms with van der Waals surface area (Å²) < 4.78 is 0. The first-order valence-corrected chi connectivity index (χ1v) is 2.78. The average molecular weight is 99.1 g/mol. The molecule has 0 bridgehead atoms. The third kappa shape index (κ3) is 0.359. The van der Waals surface area contributed by atoms with Crippen LogP contribution in [0.3, 0.4) is 0 Å². The Balaban J connectivity index is 2.06. The molecule has 2 aliphatic rings. The summed E-state index contributed by atoms with van der Waals surface area (Å²) >= 11 is 0. The van der Waals surface area contributed by atoms with Crippen LogP contribution in [-0.2, 0) is 0 Å². The molecule has 1 saturated heterocycles. The van der Waals surface area contributed by atoms with Crippen LogP contribution in [0.5, 0.6) is 0 Å². The van der Waals surface area contributed by atoms with Crippen molar-refractivity contribution in [3.8, 4) is 0 Å². The highest BCUT2D eigenvalue weighted by molar-refractivity contribution is 5.04. The molecule has 0 unspecified atom stereocenters. The van der Waals surface area contributed by atoms with Crippen LogP contribution in [0.2, 0.25) is 0 Å². The number of aliphatic hydroxyl groups excluding tert-OH is 1. The van der Waals surface area contributed by atoms with Crippen molar-refractivity contribution < 1.29 is 5.11 Å². The summed E-state index contributed by atoms with van der Waals surface area (Å²) in [6.45, 7) is 2.09. The van der Waals surface area contributed by atoms with E-state index in [1.54, 1.807) is 0 Å². The van der Waals surface area contributed by atoms with Gasteiger partial charge in [0.15, 0.2) is 0 Å². The predicted molar refractivity (Wildman–Crippen MR) is 25.9 cm³/mol. The molecular weight excluding hydrogens is 90.1 g/mol. The monoisotopic (exact) mass is 99.1 g/mol. The molecule has 0 amide bonds. The van der Waals surface area contributed by atoms with Gasteiger partial charge in [0.2, 0.25) is 0 Å². The molecule has 1 heterocycles. The molecule has 1 saturated carbocycles. The van der Waals surface area contributed by atoms with E-state index in [1.807, 2.05) is 0 Å². The van der Waals surface area contributed by atoms with E-state index in [1.165, 1.54) is 0 Å². The first-order valence-electron chi connectivity index (χ1n) is 2.78. The van der Waals surface area contributed by atoms with Crippen LogP contribution in [0, 0.1) is 11.8 Å². The van der Waals surface area contributed by atoms with E-state index in [9.17, 15) is 0 Å². The van der Waals surface area contributed by atoms with E-state index in [2.05, 4.69) is 5.32 Å². The molecule has 0 spiro atoms. The van der Waals surface area contributed by atoms with E-state index in [-0.39, 0.29) is 6.10 Å². The highest BCUT2D eigenvalue weighted by Gasteiger charge is 2.51. The molecule has 40 valence electrons. The Hall–Kier alpha value is -0.0800. The van der Waals surface area contributed by atoms with Crippen molar-refractivity contribution in [2.24, 2.45) is 11.8 Å². The van der Waals surface area contributed by atoms with Gasteiger partial charge >= 0.3 is 0 Å². The van der Waals surface area contributed by atoms with E-state index < -0.39 is 0 Å². The molecule has 2 atom stereocenters. The first-order chi connectivity index (χ1) is 3.39. The minimum Gasteiger partial charge on any atom is -0.392 e. The average Bonchev–Trinajstić information content (AvgIpc) is 2.26. The second-order valence-corrected chi connectivity index (χ2v) is 2.48. The number of hydrogen-bond acceptors (Lipinski definition) is 2. The topological polar surface area (TPSA) is 32.3 Å². The van der Waals surface area contributed by atoms with Gasteiger partial charge in [-0.3, -0.25) is 0 Å². The Morgan fingerprint density at radius 1 is 1.29 bits per heavy atom. The minimum atomic E-state index is 0.0567. The van der Waals surface area contributed by atoms with Gasteiger partial charge in [0.05, 0.1) is 6.10 Å². The molecule has 1 aliphatic carbocycles. The molecule has 1 aliphatic heterocycles. The normalized spacial score (nSPS) is 57.0. The van der Waals surface area contributed by atoms with Gasteiger partial charge in [0.25, 0.3) is 0 Å². The van der Waals surface area contributed by atoms with Crippen LogP contribution >= 0.6 is 0 Å². The maximum absolute atomic E-state index is 8.91. The molecular formula is C5H9NO. The van der Waals surface area contributed by atoms with E-state index in [4.69, 9.17) is 5.11 Å². The third-order valence-corrected chi connectivity index (χ3v) is 2.05. The molecule has 2 rings (SSSR count). The minimum absolute atomic E-state index is 0.0567. The maximum atomic E-state index is 8.91. The molecule has 0 aromatic heterocycles. The van der Waals surface area contributed by atoms with E-state index in [0.717, 1.165) is 13.1 Å². The van der Waals surface area contributed by atoms with Crippen molar-refractivity contribution in [1.82, 2.24) is 5.32 Å². The van der Waals surface area contributed by atoms with Crippen molar-refractivity contribution in [1.29, 1.82) is 0 Å². The summed E-state index contributed by atoms with van der Waals surface area (Å²) in [5.41, 5.74) is 0. The fraction of sp³-hybridized carbons (Fsp3) is 1.00. The standard InChI is InChI=1S/C5H9NO/c7-5-3-1-6-2-4(3)5/h3-7H,1-2H2/t3-,4-/m0/s1. The molecule has 2 N–H and O–H groups in total. The number of piperidine rings is 1. The second-order valence-electron chi connectivity index (χ2n) is 2.48. The van der Waals surface area contributed by atoms with Gasteiger partial charge in [-0.2, -0.15) is 0 Å². The molecule has 7 heavy (non-hydrogen) atoms. The van der Waals surface area contributed by atoms with Crippen molar-refractivity contribution in [3.05, 3.63) is 0 Å². The van der Waals surface area contributed by atoms with E-state index >= 15 is 0 Å². The predicted octanol–water partition coefficient (Wildman–Crippen LogP) is -0.804. The number of rotatable bonds is 0. The Kier molecular flexibility index (Phi) is 0.557. The van der Waals surface area contributed by atoms with Crippen LogP contribution in [0.15, 0.2) is 0 Å². The zero-order valence-corrected chi connectivity index (χ0v) is 4.09. The zero-order chi connectivity index (χ0) is 4.85. The van der Waals surface area contributed by atoms with Gasteiger partial charge in [-0.15, -0.1) is 0 Å². The van der Waals surface area contributed by atoms with Crippen LogP contribution in [0.1, 0.15) is 0 Å². The Labute approximate surface area is 42.5 Å². The lowest BCUT2D eigenvalue weighted by Gasteiger charge is -1.93. The SMILES string of the molecule is OC1[C@H]2CNC[C@H]12. The molecule has 2 fully saturated rings. The summed E-state index contributed by atoms with van der Waals surface area (Å²) in [6.07, 6.45) is 0.0567. The van der Waals surface area contributed by atoms with Crippen LogP contribution in [0.25, 0.3) is 0 Å². The largest absolute Gasteiger partial charge is 0.392 e. The molecule has 2 nitrogen and oxygen atoms in total. The van der Waals surface area contributed by atoms with Gasteiger partial charge < -0.3 is 10.4 Å². The smallest absolute Gasteiger partial charge is 0.0629 e. The fourth-order valence-corrected chi connectivity index (χ4v) is 1.39. The Bertz CT molecular complexity index is 84.1. The summed E-state index contributed by atoms with van der Waals surface area (Å²) in [5, 5.41) is 12.1. The number of aliphatic hydroxyl groups is 1. The lowest BCUT2D eigenvalue weighted by atomic mass is 10.4. The summed E-state index contributed by atoms with van der Waals surface area (Å²) in [5.74, 6) is 1.25. The van der Waals surface area contributed by atoms with Gasteiger partial charge in [-0.05, 0) is 0 Å². The van der Waals surface area contributed by atoms with E-state index in [0.29, 0.717) is 11.8 Å². The van der Waals surface area contributed by atoms with Crippen molar-refractivity contribution in [2.75, 3.05) is 13.1 Å². The van der Waals surface area contributed by atoms with Crippen molar-refractivity contribution in [3.63, 3.8) is 0 Å². The zero-order valence-electron chi connectivity index (χ0n) is 4.09. The Morgan fingerprint density at radius 3 is 2.14 bits per heavy atom. The van der Waals surface area contributed by atoms with Gasteiger partial charge in [0, 0.05) is 24.9 Å². The van der Waals surface area contributed by atoms with Crippen LogP contribution in [-0.4, -0.2) is 24.3 Å². The lowest BCUT2D eigenvalue weighted by molar-refractivity contribution is 0.237. The maximum Gasteiger partial charge on any atom is 0.0629 e. The molecule has 2 heteroatoms. The summed E-state index contributed by atoms with van der Waals surface area (Å²) in [7, 11) is 0. The van der Waals surface area contributed by atoms with Gasteiger partial charge in [-0.25, -0.2) is 0 Å². The van der Waals surface area contributed by atoms with Crippen molar-refractivity contribution >= 4 is 0 Å².